The fraction of sp³-hybridized carbons (Fsp3) is 0.720. The lowest BCUT2D eigenvalue weighted by Gasteiger charge is -2.43. The fourth-order valence-electron chi connectivity index (χ4n) is 4.98. The van der Waals surface area contributed by atoms with E-state index in [1.165, 1.54) is 6.26 Å². The maximum Gasteiger partial charge on any atom is 0.333 e. The van der Waals surface area contributed by atoms with Gasteiger partial charge in [-0.05, 0) is 39.7 Å². The van der Waals surface area contributed by atoms with Crippen molar-refractivity contribution in [1.82, 2.24) is 0 Å². The molecule has 2 fully saturated rings. The highest BCUT2D eigenvalue weighted by Crippen LogP contribution is 2.48. The molecule has 3 rings (SSSR count). The lowest BCUT2D eigenvalue weighted by Crippen LogP contribution is -2.60. The van der Waals surface area contributed by atoms with Gasteiger partial charge >= 0.3 is 5.97 Å². The number of fused-ring (bicyclic) bond motifs is 1. The van der Waals surface area contributed by atoms with Gasteiger partial charge in [-0.3, -0.25) is 0 Å². The van der Waals surface area contributed by atoms with Gasteiger partial charge in [0.1, 0.15) is 30.5 Å². The van der Waals surface area contributed by atoms with Crippen molar-refractivity contribution in [3.05, 3.63) is 35.6 Å². The zero-order chi connectivity index (χ0) is 26.6. The van der Waals surface area contributed by atoms with E-state index in [0.717, 1.165) is 5.57 Å². The van der Waals surface area contributed by atoms with Gasteiger partial charge in [-0.1, -0.05) is 17.7 Å². The molecule has 11 heteroatoms. The van der Waals surface area contributed by atoms with Crippen molar-refractivity contribution in [3.8, 4) is 0 Å². The van der Waals surface area contributed by atoms with Gasteiger partial charge in [0, 0.05) is 17.9 Å². The number of hydrogen-bond donors (Lipinski definition) is 6. The summed E-state index contributed by atoms with van der Waals surface area (Å²) in [5.74, 6) is -1.68. The van der Waals surface area contributed by atoms with Crippen LogP contribution in [0.15, 0.2) is 35.6 Å². The van der Waals surface area contributed by atoms with Crippen molar-refractivity contribution in [3.63, 3.8) is 0 Å². The number of ether oxygens (including phenoxy) is 4. The molecule has 0 spiro atoms. The van der Waals surface area contributed by atoms with Crippen LogP contribution in [-0.2, 0) is 23.7 Å². The first-order valence-electron chi connectivity index (χ1n) is 12.1. The summed E-state index contributed by atoms with van der Waals surface area (Å²) in [7, 11) is 0. The summed E-state index contributed by atoms with van der Waals surface area (Å²) in [4.78, 5) is 12.7. The van der Waals surface area contributed by atoms with Crippen LogP contribution in [-0.4, -0.2) is 98.5 Å². The molecule has 0 aromatic carbocycles. The van der Waals surface area contributed by atoms with Crippen molar-refractivity contribution in [2.45, 2.75) is 88.7 Å². The Morgan fingerprint density at radius 2 is 1.83 bits per heavy atom. The van der Waals surface area contributed by atoms with Gasteiger partial charge in [0.2, 0.25) is 6.29 Å². The van der Waals surface area contributed by atoms with E-state index in [0.29, 0.717) is 18.4 Å². The molecule has 0 aromatic heterocycles. The van der Waals surface area contributed by atoms with Gasteiger partial charge in [-0.15, -0.1) is 0 Å². The summed E-state index contributed by atoms with van der Waals surface area (Å²) >= 11 is 0. The molecule has 36 heavy (non-hydrogen) atoms. The van der Waals surface area contributed by atoms with Crippen molar-refractivity contribution in [2.24, 2.45) is 11.8 Å². The van der Waals surface area contributed by atoms with Crippen molar-refractivity contribution in [2.75, 3.05) is 13.2 Å². The maximum absolute atomic E-state index is 12.7. The van der Waals surface area contributed by atoms with Gasteiger partial charge in [0.05, 0.1) is 31.0 Å². The number of aliphatic hydroxyl groups excluding tert-OH is 5. The Kier molecular flexibility index (Phi) is 9.69. The summed E-state index contributed by atoms with van der Waals surface area (Å²) in [6.07, 6.45) is -1.23. The van der Waals surface area contributed by atoms with E-state index in [1.54, 1.807) is 32.1 Å². The van der Waals surface area contributed by atoms with Crippen LogP contribution < -0.4 is 0 Å². The second-order valence-electron chi connectivity index (χ2n) is 9.93. The largest absolute Gasteiger partial charge is 0.472 e. The average Bonchev–Trinajstić information content (AvgIpc) is 3.09. The molecule has 1 saturated carbocycles. The van der Waals surface area contributed by atoms with E-state index in [9.17, 15) is 30.3 Å². The van der Waals surface area contributed by atoms with Crippen molar-refractivity contribution in [1.29, 1.82) is 0 Å². The van der Waals surface area contributed by atoms with Gasteiger partial charge < -0.3 is 49.6 Å². The van der Waals surface area contributed by atoms with Crippen LogP contribution in [0.5, 0.6) is 0 Å². The van der Waals surface area contributed by atoms with Crippen LogP contribution in [0, 0.1) is 11.8 Å². The number of hydrogen-bond acceptors (Lipinski definition) is 11. The van der Waals surface area contributed by atoms with Gasteiger partial charge in [0.25, 0.3) is 0 Å². The van der Waals surface area contributed by atoms with E-state index in [4.69, 9.17) is 24.1 Å². The summed E-state index contributed by atoms with van der Waals surface area (Å²) < 4.78 is 22.5. The molecule has 0 aromatic rings. The molecule has 0 amide bonds. The Balaban J connectivity index is 1.67. The zero-order valence-electron chi connectivity index (χ0n) is 20.8. The van der Waals surface area contributed by atoms with E-state index in [1.807, 2.05) is 6.92 Å². The number of carbonyl (C=O) groups is 1. The van der Waals surface area contributed by atoms with Crippen LogP contribution in [0.25, 0.3) is 0 Å². The predicted molar refractivity (Wildman–Crippen MR) is 125 cm³/mol. The van der Waals surface area contributed by atoms with Crippen LogP contribution in [0.1, 0.15) is 40.0 Å². The fourth-order valence-corrected chi connectivity index (χ4v) is 4.98. The molecule has 6 N–H and O–H groups in total. The Morgan fingerprint density at radius 1 is 1.11 bits per heavy atom. The minimum Gasteiger partial charge on any atom is -0.472 e. The quantitative estimate of drug-likeness (QED) is 0.135. The van der Waals surface area contributed by atoms with Crippen LogP contribution in [0.2, 0.25) is 0 Å². The van der Waals surface area contributed by atoms with Gasteiger partial charge in [-0.25, -0.2) is 4.79 Å². The highest BCUT2D eigenvalue weighted by atomic mass is 16.8. The number of esters is 1. The number of allylic oxidation sites excluding steroid dienone is 2. The number of aliphatic hydroxyl groups is 6. The van der Waals surface area contributed by atoms with Crippen molar-refractivity contribution < 1.29 is 54.4 Å². The third kappa shape index (κ3) is 6.35. The van der Waals surface area contributed by atoms with Crippen LogP contribution >= 0.6 is 0 Å². The first-order chi connectivity index (χ1) is 17.0. The van der Waals surface area contributed by atoms with Crippen molar-refractivity contribution >= 4 is 5.97 Å². The third-order valence-electron chi connectivity index (χ3n) is 7.11. The molecule has 10 atom stereocenters. The topological polar surface area (TPSA) is 175 Å². The van der Waals surface area contributed by atoms with E-state index in [-0.39, 0.29) is 13.0 Å². The molecule has 0 unspecified atom stereocenters. The SMILES string of the molecule is C/C(=C\CO)CC/C=C(\C)C(=O)O[C@@H]1C[C@@](C)(O)[C@H]2[C@H](O[C@H]3O[C@@H](CO)[C@H](O)[C@@H](O)[C@@H]3O)OC=C[C@H]21. The van der Waals surface area contributed by atoms with Crippen LogP contribution in [0.4, 0.5) is 0 Å². The van der Waals surface area contributed by atoms with Crippen LogP contribution in [0.3, 0.4) is 0 Å². The molecule has 3 aliphatic rings. The summed E-state index contributed by atoms with van der Waals surface area (Å²) in [6.45, 7) is 4.49. The minimum atomic E-state index is -1.63. The predicted octanol–water partition coefficient (Wildman–Crippen LogP) is -0.363. The molecule has 2 aliphatic heterocycles. The van der Waals surface area contributed by atoms with E-state index < -0.39 is 73.1 Å². The second-order valence-corrected chi connectivity index (χ2v) is 9.93. The number of carbonyl (C=O) groups excluding carboxylic acids is 1. The second kappa shape index (κ2) is 12.1. The molecular weight excluding hydrogens is 476 g/mol. The molecule has 1 saturated heterocycles. The molecule has 0 radical (unpaired) electrons. The first-order valence-corrected chi connectivity index (χ1v) is 12.1. The highest BCUT2D eigenvalue weighted by Gasteiger charge is 2.58. The highest BCUT2D eigenvalue weighted by molar-refractivity contribution is 5.87. The molecule has 204 valence electrons. The Hall–Kier alpha value is -1.83. The molecule has 0 bridgehead atoms. The molecule has 2 heterocycles. The normalized spacial score (nSPS) is 41.1. The third-order valence-corrected chi connectivity index (χ3v) is 7.11. The Bertz CT molecular complexity index is 849. The van der Waals surface area contributed by atoms with E-state index >= 15 is 0 Å². The minimum absolute atomic E-state index is 0.0287. The average molecular weight is 515 g/mol. The lowest BCUT2D eigenvalue weighted by atomic mass is 9.85. The standard InChI is InChI=1S/C25H38O11/c1-13(7-9-26)5-4-6-14(2)22(31)34-16-11-25(3,32)18-15(16)8-10-33-23(18)36-24-21(30)20(29)19(28)17(12-27)35-24/h6-8,10,15-21,23-24,26-30,32H,4-5,9,11-12H2,1-3H3/b13-7+,14-6+/t15-,16+,17-,18+,19-,20+,21-,23-,24+,25+/m0/s1. The molecular formula is C25H38O11. The summed E-state index contributed by atoms with van der Waals surface area (Å²) in [5.41, 5.74) is 0.0747. The summed E-state index contributed by atoms with van der Waals surface area (Å²) in [6, 6.07) is 0. The van der Waals surface area contributed by atoms with E-state index in [2.05, 4.69) is 0 Å². The smallest absolute Gasteiger partial charge is 0.333 e. The molecule has 11 nitrogen and oxygen atoms in total. The Morgan fingerprint density at radius 3 is 2.50 bits per heavy atom. The monoisotopic (exact) mass is 514 g/mol. The zero-order valence-corrected chi connectivity index (χ0v) is 20.8. The lowest BCUT2D eigenvalue weighted by molar-refractivity contribution is -0.346. The first kappa shape index (κ1) is 28.7. The Labute approximate surface area is 210 Å². The molecule has 1 aliphatic carbocycles. The summed E-state index contributed by atoms with van der Waals surface area (Å²) in [5, 5.41) is 59.9. The van der Waals surface area contributed by atoms with Gasteiger partial charge in [-0.2, -0.15) is 0 Å². The number of rotatable bonds is 9. The maximum atomic E-state index is 12.7. The van der Waals surface area contributed by atoms with Gasteiger partial charge in [0.15, 0.2) is 6.29 Å².